The highest BCUT2D eigenvalue weighted by Gasteiger charge is 2.13. The second kappa shape index (κ2) is 6.43. The van der Waals surface area contributed by atoms with Crippen LogP contribution in [0.4, 0.5) is 0 Å². The molecular formula is C15H21N3O2. The molecule has 0 saturated heterocycles. The molecule has 2 rings (SSSR count). The second-order valence-electron chi connectivity index (χ2n) is 4.87. The first-order valence-electron chi connectivity index (χ1n) is 6.63. The van der Waals surface area contributed by atoms with E-state index in [-0.39, 0.29) is 0 Å². The number of methoxy groups -OCH3 is 2. The maximum atomic E-state index is 5.44. The van der Waals surface area contributed by atoms with Crippen LogP contribution in [0.2, 0.25) is 0 Å². The Morgan fingerprint density at radius 2 is 2.05 bits per heavy atom. The zero-order valence-corrected chi connectivity index (χ0v) is 12.4. The van der Waals surface area contributed by atoms with Crippen molar-refractivity contribution in [2.45, 2.75) is 26.4 Å². The first-order chi connectivity index (χ1) is 9.65. The Bertz CT molecular complexity index is 564. The largest absolute Gasteiger partial charge is 0.497 e. The average Bonchev–Trinajstić information content (AvgIpc) is 2.92. The van der Waals surface area contributed by atoms with Gasteiger partial charge in [0.1, 0.15) is 11.5 Å². The Kier molecular flexibility index (Phi) is 4.63. The summed E-state index contributed by atoms with van der Waals surface area (Å²) in [5.41, 5.74) is 3.06. The third kappa shape index (κ3) is 3.11. The summed E-state index contributed by atoms with van der Waals surface area (Å²) in [5, 5.41) is 10.6. The average molecular weight is 275 g/mol. The molecule has 0 atom stereocenters. The van der Waals surface area contributed by atoms with Crippen molar-refractivity contribution in [3.05, 3.63) is 30.0 Å². The Balaban J connectivity index is 2.34. The van der Waals surface area contributed by atoms with Crippen LogP contribution >= 0.6 is 0 Å². The number of ether oxygens (including phenoxy) is 2. The van der Waals surface area contributed by atoms with Crippen LogP contribution in [0.1, 0.15) is 19.4 Å². The van der Waals surface area contributed by atoms with E-state index in [1.165, 1.54) is 0 Å². The summed E-state index contributed by atoms with van der Waals surface area (Å²) in [6, 6.07) is 6.19. The molecule has 1 heterocycles. The van der Waals surface area contributed by atoms with E-state index in [2.05, 4.69) is 29.4 Å². The molecule has 0 bridgehead atoms. The van der Waals surface area contributed by atoms with Gasteiger partial charge < -0.3 is 14.8 Å². The van der Waals surface area contributed by atoms with Gasteiger partial charge in [0, 0.05) is 29.8 Å². The van der Waals surface area contributed by atoms with E-state index < -0.39 is 0 Å². The molecule has 1 aromatic carbocycles. The Morgan fingerprint density at radius 3 is 2.70 bits per heavy atom. The number of H-pyrrole nitrogens is 1. The molecule has 0 aliphatic heterocycles. The standard InChI is InChI=1S/C15H21N3O2/c1-10(2)16-8-11-9-17-18-15(11)13-6-5-12(19-3)7-14(13)20-4/h5-7,9-10,16H,8H2,1-4H3,(H,17,18). The van der Waals surface area contributed by atoms with Crippen molar-refractivity contribution in [1.82, 2.24) is 15.5 Å². The van der Waals surface area contributed by atoms with Crippen LogP contribution < -0.4 is 14.8 Å². The summed E-state index contributed by atoms with van der Waals surface area (Å²) in [6.45, 7) is 5.00. The summed E-state index contributed by atoms with van der Waals surface area (Å²) in [5.74, 6) is 1.53. The zero-order valence-electron chi connectivity index (χ0n) is 12.4. The highest BCUT2D eigenvalue weighted by molar-refractivity contribution is 5.70. The molecule has 2 N–H and O–H groups in total. The van der Waals surface area contributed by atoms with Gasteiger partial charge in [-0.1, -0.05) is 13.8 Å². The van der Waals surface area contributed by atoms with Gasteiger partial charge in [-0.2, -0.15) is 5.10 Å². The lowest BCUT2D eigenvalue weighted by Crippen LogP contribution is -2.21. The van der Waals surface area contributed by atoms with Gasteiger partial charge in [-0.15, -0.1) is 0 Å². The van der Waals surface area contributed by atoms with Gasteiger partial charge in [0.15, 0.2) is 0 Å². The van der Waals surface area contributed by atoms with E-state index in [1.807, 2.05) is 24.4 Å². The zero-order chi connectivity index (χ0) is 14.5. The molecule has 0 aliphatic carbocycles. The van der Waals surface area contributed by atoms with Gasteiger partial charge >= 0.3 is 0 Å². The van der Waals surface area contributed by atoms with Crippen LogP contribution in [0.3, 0.4) is 0 Å². The van der Waals surface area contributed by atoms with Crippen molar-refractivity contribution in [2.24, 2.45) is 0 Å². The van der Waals surface area contributed by atoms with E-state index in [0.29, 0.717) is 6.04 Å². The third-order valence-electron chi connectivity index (χ3n) is 3.10. The number of hydrogen-bond donors (Lipinski definition) is 2. The number of hydrogen-bond acceptors (Lipinski definition) is 4. The van der Waals surface area contributed by atoms with E-state index in [0.717, 1.165) is 34.9 Å². The van der Waals surface area contributed by atoms with Crippen molar-refractivity contribution in [3.63, 3.8) is 0 Å². The third-order valence-corrected chi connectivity index (χ3v) is 3.10. The Labute approximate surface area is 119 Å². The van der Waals surface area contributed by atoms with Crippen molar-refractivity contribution in [1.29, 1.82) is 0 Å². The fourth-order valence-corrected chi connectivity index (χ4v) is 2.00. The Morgan fingerprint density at radius 1 is 1.25 bits per heavy atom. The monoisotopic (exact) mass is 275 g/mol. The first kappa shape index (κ1) is 14.4. The van der Waals surface area contributed by atoms with Crippen LogP contribution in [0, 0.1) is 0 Å². The maximum Gasteiger partial charge on any atom is 0.131 e. The van der Waals surface area contributed by atoms with Crippen molar-refractivity contribution < 1.29 is 9.47 Å². The molecule has 0 amide bonds. The minimum Gasteiger partial charge on any atom is -0.497 e. The molecule has 108 valence electrons. The van der Waals surface area contributed by atoms with Crippen LogP contribution in [0.25, 0.3) is 11.3 Å². The number of nitrogens with one attached hydrogen (secondary N) is 2. The predicted octanol–water partition coefficient (Wildman–Crippen LogP) is 2.59. The number of aromatic nitrogens is 2. The molecule has 0 saturated carbocycles. The molecule has 5 nitrogen and oxygen atoms in total. The summed E-state index contributed by atoms with van der Waals surface area (Å²) in [7, 11) is 3.29. The number of nitrogens with zero attached hydrogens (tertiary/aromatic N) is 1. The Hall–Kier alpha value is -2.01. The smallest absolute Gasteiger partial charge is 0.131 e. The maximum absolute atomic E-state index is 5.44. The summed E-state index contributed by atoms with van der Waals surface area (Å²) in [4.78, 5) is 0. The van der Waals surface area contributed by atoms with Crippen molar-refractivity contribution >= 4 is 0 Å². The molecule has 0 aliphatic rings. The van der Waals surface area contributed by atoms with E-state index >= 15 is 0 Å². The lowest BCUT2D eigenvalue weighted by atomic mass is 10.1. The SMILES string of the molecule is COc1ccc(-c2[nH]ncc2CNC(C)C)c(OC)c1. The summed E-state index contributed by atoms with van der Waals surface area (Å²) in [6.07, 6.45) is 1.84. The molecule has 1 aromatic heterocycles. The van der Waals surface area contributed by atoms with Crippen molar-refractivity contribution in [3.8, 4) is 22.8 Å². The molecular weight excluding hydrogens is 254 g/mol. The molecule has 5 heteroatoms. The van der Waals surface area contributed by atoms with Crippen molar-refractivity contribution in [2.75, 3.05) is 14.2 Å². The highest BCUT2D eigenvalue weighted by atomic mass is 16.5. The molecule has 0 unspecified atom stereocenters. The lowest BCUT2D eigenvalue weighted by molar-refractivity contribution is 0.395. The minimum absolute atomic E-state index is 0.426. The summed E-state index contributed by atoms with van der Waals surface area (Å²) >= 11 is 0. The van der Waals surface area contributed by atoms with Gasteiger partial charge in [-0.05, 0) is 12.1 Å². The predicted molar refractivity (Wildman–Crippen MR) is 79.1 cm³/mol. The fraction of sp³-hybridized carbons (Fsp3) is 0.400. The van der Waals surface area contributed by atoms with Gasteiger partial charge in [0.05, 0.1) is 26.1 Å². The topological polar surface area (TPSA) is 59.2 Å². The molecule has 0 radical (unpaired) electrons. The number of rotatable bonds is 6. The van der Waals surface area contributed by atoms with E-state index in [1.54, 1.807) is 14.2 Å². The van der Waals surface area contributed by atoms with Crippen LogP contribution in [0.15, 0.2) is 24.4 Å². The number of benzene rings is 1. The summed E-state index contributed by atoms with van der Waals surface area (Å²) < 4.78 is 10.7. The molecule has 2 aromatic rings. The quantitative estimate of drug-likeness (QED) is 0.850. The van der Waals surface area contributed by atoms with E-state index in [4.69, 9.17) is 9.47 Å². The molecule has 0 fully saturated rings. The van der Waals surface area contributed by atoms with Gasteiger partial charge in [0.2, 0.25) is 0 Å². The number of aromatic amines is 1. The molecule has 0 spiro atoms. The first-order valence-corrected chi connectivity index (χ1v) is 6.63. The van der Waals surface area contributed by atoms with Gasteiger partial charge in [-0.3, -0.25) is 5.10 Å². The van der Waals surface area contributed by atoms with Crippen LogP contribution in [-0.4, -0.2) is 30.5 Å². The van der Waals surface area contributed by atoms with Gasteiger partial charge in [0.25, 0.3) is 0 Å². The van der Waals surface area contributed by atoms with Crippen LogP contribution in [0.5, 0.6) is 11.5 Å². The lowest BCUT2D eigenvalue weighted by Gasteiger charge is -2.12. The second-order valence-corrected chi connectivity index (χ2v) is 4.87. The normalized spacial score (nSPS) is 10.8. The van der Waals surface area contributed by atoms with Gasteiger partial charge in [-0.25, -0.2) is 0 Å². The highest BCUT2D eigenvalue weighted by Crippen LogP contribution is 2.33. The minimum atomic E-state index is 0.426. The fourth-order valence-electron chi connectivity index (χ4n) is 2.00. The molecule has 20 heavy (non-hydrogen) atoms. The van der Waals surface area contributed by atoms with E-state index in [9.17, 15) is 0 Å². The van der Waals surface area contributed by atoms with Crippen LogP contribution in [-0.2, 0) is 6.54 Å².